The molecule has 46 heavy (non-hydrogen) atoms. The molecule has 0 spiro atoms. The monoisotopic (exact) mass is 718 g/mol. The lowest BCUT2D eigenvalue weighted by Gasteiger charge is -2.44. The largest absolute Gasteiger partial charge is 0.481 e. The van der Waals surface area contributed by atoms with E-state index in [1.807, 2.05) is 0 Å². The molecule has 2 aliphatic heterocycles. The zero-order chi connectivity index (χ0) is 34.1. The van der Waals surface area contributed by atoms with Crippen LogP contribution >= 0.6 is 14.5 Å². The van der Waals surface area contributed by atoms with Crippen molar-refractivity contribution in [3.05, 3.63) is 12.0 Å². The predicted molar refractivity (Wildman–Crippen MR) is 152 cm³/mol. The highest BCUT2D eigenvalue weighted by molar-refractivity contribution is 8.08. The van der Waals surface area contributed by atoms with Gasteiger partial charge in [-0.05, 0) is 17.7 Å². The van der Waals surface area contributed by atoms with Crippen LogP contribution in [-0.4, -0.2) is 103 Å². The Bertz CT molecular complexity index is 1520. The summed E-state index contributed by atoms with van der Waals surface area (Å²) in [7, 11) is -5.42. The first-order valence-corrected chi connectivity index (χ1v) is 17.7. The number of alkyl halides is 1. The summed E-state index contributed by atoms with van der Waals surface area (Å²) in [5.74, 6) is -2.99. The predicted octanol–water partition coefficient (Wildman–Crippen LogP) is 0.559. The molecule has 2 aliphatic rings. The molecule has 0 aromatic carbocycles. The lowest BCUT2D eigenvalue weighted by atomic mass is 9.82. The van der Waals surface area contributed by atoms with E-state index >= 15 is 0 Å². The van der Waals surface area contributed by atoms with E-state index in [4.69, 9.17) is 54.4 Å². The minimum absolute atomic E-state index is 0.0138. The molecule has 0 radical (unpaired) electrons. The third-order valence-corrected chi connectivity index (χ3v) is 10.8. The number of nitrogens with zero attached hydrogens (tertiary/aromatic N) is 3. The van der Waals surface area contributed by atoms with Crippen LogP contribution in [0.5, 0.6) is 0 Å². The van der Waals surface area contributed by atoms with Crippen LogP contribution in [0.25, 0.3) is 11.1 Å². The Labute approximate surface area is 265 Å². The molecule has 19 nitrogen and oxygen atoms in total. The fourth-order valence-corrected chi connectivity index (χ4v) is 8.01. The second-order valence-corrected chi connectivity index (χ2v) is 15.0. The molecule has 23 heteroatoms. The van der Waals surface area contributed by atoms with Crippen LogP contribution < -0.4 is 5.73 Å². The number of hydrogen-bond donors (Lipinski definition) is 5. The summed E-state index contributed by atoms with van der Waals surface area (Å²) in [6.45, 7) is -0.890. The number of hydrogen-bond acceptors (Lipinski definition) is 18. The first-order valence-electron chi connectivity index (χ1n) is 13.6. The van der Waals surface area contributed by atoms with Gasteiger partial charge in [0.05, 0.1) is 12.7 Å². The fourth-order valence-electron chi connectivity index (χ4n) is 4.92. The minimum Gasteiger partial charge on any atom is -0.463 e. The number of aliphatic hydroxyl groups is 2. The van der Waals surface area contributed by atoms with Gasteiger partial charge in [-0.25, -0.2) is 23.2 Å². The number of ether oxygens (including phenoxy) is 4. The van der Waals surface area contributed by atoms with Gasteiger partial charge in [0, 0.05) is 19.8 Å². The Morgan fingerprint density at radius 1 is 1.13 bits per heavy atom. The highest BCUT2D eigenvalue weighted by Gasteiger charge is 2.51. The molecule has 6 N–H and O–H groups in total. The number of phosphoric acid groups is 1. The first kappa shape index (κ1) is 36.6. The number of carbonyl (C=O) groups is 2. The average molecular weight is 719 g/mol. The van der Waals surface area contributed by atoms with Gasteiger partial charge >= 0.3 is 26.5 Å². The summed E-state index contributed by atoms with van der Waals surface area (Å²) in [5, 5.41) is 24.9. The van der Waals surface area contributed by atoms with Crippen molar-refractivity contribution < 1.29 is 75.4 Å². The van der Waals surface area contributed by atoms with Crippen LogP contribution in [0.4, 0.5) is 10.2 Å². The number of nitrogens with two attached hydrogens (primary N) is 1. The second kappa shape index (κ2) is 14.5. The van der Waals surface area contributed by atoms with Gasteiger partial charge in [-0.3, -0.25) is 14.1 Å². The SMILES string of the molecule is CC(=O)OC[C@H](F)C1O[C@@H](OP(=O)(O)OP(O)(=S)OC[C@H]2O[C@@H](c3noc4c(N)ncnc34)[C@@H](O)C2O)C(OC(C)=O)[C@@H](C)[C@@H]1C. The maximum absolute atomic E-state index is 15.0. The molecule has 4 heterocycles. The minimum atomic E-state index is -5.42. The summed E-state index contributed by atoms with van der Waals surface area (Å²) in [6, 6.07) is 0. The van der Waals surface area contributed by atoms with Crippen LogP contribution in [0.2, 0.25) is 0 Å². The van der Waals surface area contributed by atoms with Gasteiger partial charge in [0.15, 0.2) is 18.1 Å². The van der Waals surface area contributed by atoms with Crippen LogP contribution in [0.1, 0.15) is 39.5 Å². The van der Waals surface area contributed by atoms with E-state index < -0.39 is 101 Å². The number of halogens is 1. The second-order valence-electron chi connectivity index (χ2n) is 10.6. The summed E-state index contributed by atoms with van der Waals surface area (Å²) < 4.78 is 69.0. The molecule has 0 saturated carbocycles. The van der Waals surface area contributed by atoms with E-state index in [2.05, 4.69) is 15.1 Å². The van der Waals surface area contributed by atoms with Crippen molar-refractivity contribution >= 4 is 55.2 Å². The molecule has 2 aromatic heterocycles. The molecular weight excluding hydrogens is 685 g/mol. The molecule has 0 aliphatic carbocycles. The molecule has 5 unspecified atom stereocenters. The van der Waals surface area contributed by atoms with Gasteiger partial charge in [-0.2, -0.15) is 0 Å². The van der Waals surface area contributed by atoms with Crippen molar-refractivity contribution in [3.8, 4) is 0 Å². The normalized spacial score (nSPS) is 33.2. The summed E-state index contributed by atoms with van der Waals surface area (Å²) in [4.78, 5) is 51.7. The third-order valence-electron chi connectivity index (χ3n) is 7.32. The van der Waals surface area contributed by atoms with Gasteiger partial charge in [0.1, 0.15) is 48.6 Å². The number of nitrogen functional groups attached to an aromatic ring is 1. The van der Waals surface area contributed by atoms with Crippen molar-refractivity contribution in [2.45, 2.75) is 76.8 Å². The Hall–Kier alpha value is -2.26. The number of anilines is 1. The smallest absolute Gasteiger partial charge is 0.463 e. The van der Waals surface area contributed by atoms with E-state index in [0.717, 1.165) is 20.2 Å². The molecule has 12 atom stereocenters. The van der Waals surface area contributed by atoms with Gasteiger partial charge < -0.3 is 53.7 Å². The number of carbonyl (C=O) groups excluding carboxylic acids is 2. The number of aliphatic hydroxyl groups excluding tert-OH is 2. The molecule has 4 rings (SSSR count). The van der Waals surface area contributed by atoms with Gasteiger partial charge in [0.25, 0.3) is 0 Å². The van der Waals surface area contributed by atoms with E-state index in [-0.39, 0.29) is 22.6 Å². The van der Waals surface area contributed by atoms with Crippen LogP contribution in [0, 0.1) is 11.8 Å². The summed E-state index contributed by atoms with van der Waals surface area (Å²) >= 11 is 4.83. The van der Waals surface area contributed by atoms with E-state index in [0.29, 0.717) is 0 Å². The summed E-state index contributed by atoms with van der Waals surface area (Å²) in [5.41, 5.74) is 5.82. The highest BCUT2D eigenvalue weighted by Crippen LogP contribution is 2.62. The highest BCUT2D eigenvalue weighted by atomic mass is 32.5. The Morgan fingerprint density at radius 2 is 1.83 bits per heavy atom. The number of fused-ring (bicyclic) bond motifs is 1. The molecule has 2 aromatic rings. The van der Waals surface area contributed by atoms with E-state index in [9.17, 15) is 38.5 Å². The third kappa shape index (κ3) is 8.41. The molecule has 2 saturated heterocycles. The van der Waals surface area contributed by atoms with Crippen molar-refractivity contribution in [1.82, 2.24) is 15.1 Å². The van der Waals surface area contributed by atoms with Gasteiger partial charge in [0.2, 0.25) is 11.9 Å². The van der Waals surface area contributed by atoms with Crippen molar-refractivity contribution in [2.24, 2.45) is 11.8 Å². The average Bonchev–Trinajstić information content (AvgIpc) is 3.50. The lowest BCUT2D eigenvalue weighted by molar-refractivity contribution is -0.262. The standard InChI is InChI=1S/C23H33FN4O15P2S/c1-8-9(2)19(38-11(4)30)23(40-18(8)12(24)5-36-10(3)29)42-44(33,34)43-45(35,46)37-6-13-16(31)17(32)20(39-13)15-14-21(41-28-15)22(25)27-7-26-14/h7-9,12-13,16-20,23,31-32H,5-6H2,1-4H3,(H,33,34)(H,35,46)(H2,25,26,27)/t8-,9-,12-,13+,16?,17-,18?,19?,20-,23-,45?/m0/s1. The van der Waals surface area contributed by atoms with Crippen LogP contribution in [0.15, 0.2) is 10.9 Å². The Morgan fingerprint density at radius 3 is 2.48 bits per heavy atom. The summed E-state index contributed by atoms with van der Waals surface area (Å²) in [6.07, 6.45) is -11.3. The van der Waals surface area contributed by atoms with Crippen LogP contribution in [-0.2, 0) is 58.3 Å². The van der Waals surface area contributed by atoms with Gasteiger partial charge in [-0.1, -0.05) is 19.0 Å². The zero-order valence-electron chi connectivity index (χ0n) is 24.6. The molecule has 0 amide bonds. The first-order chi connectivity index (χ1) is 21.4. The van der Waals surface area contributed by atoms with Gasteiger partial charge in [-0.15, -0.1) is 0 Å². The topological polar surface area (TPSA) is 275 Å². The van der Waals surface area contributed by atoms with Crippen LogP contribution in [0.3, 0.4) is 0 Å². The van der Waals surface area contributed by atoms with E-state index in [1.165, 1.54) is 0 Å². The van der Waals surface area contributed by atoms with Crippen molar-refractivity contribution in [1.29, 1.82) is 0 Å². The number of rotatable bonds is 12. The lowest BCUT2D eigenvalue weighted by Crippen LogP contribution is -2.55. The number of phosphoric ester groups is 1. The zero-order valence-corrected chi connectivity index (χ0v) is 27.2. The fraction of sp³-hybridized carbons (Fsp3) is 0.696. The molecular formula is C23H33FN4O15P2S. The maximum atomic E-state index is 15.0. The Kier molecular flexibility index (Phi) is 11.5. The molecule has 258 valence electrons. The van der Waals surface area contributed by atoms with E-state index in [1.54, 1.807) is 13.8 Å². The number of aromatic nitrogens is 3. The van der Waals surface area contributed by atoms with Crippen molar-refractivity contribution in [2.75, 3.05) is 18.9 Å². The molecule has 0 bridgehead atoms. The quantitative estimate of drug-likeness (QED) is 0.148. The molecule has 2 fully saturated rings. The number of esters is 2. The maximum Gasteiger partial charge on any atom is 0.481 e. The Balaban J connectivity index is 1.42. The van der Waals surface area contributed by atoms with Crippen molar-refractivity contribution in [3.63, 3.8) is 0 Å².